The van der Waals surface area contributed by atoms with Crippen molar-refractivity contribution in [1.29, 1.82) is 0 Å². The minimum Gasteiger partial charge on any atom is -0.349 e. The summed E-state index contributed by atoms with van der Waals surface area (Å²) in [5.41, 5.74) is 6.58. The maximum absolute atomic E-state index is 11.8. The zero-order valence-corrected chi connectivity index (χ0v) is 12.2. The monoisotopic (exact) mass is 280 g/mol. The van der Waals surface area contributed by atoms with E-state index in [1.807, 2.05) is 12.1 Å². The molecule has 104 valence electrons. The van der Waals surface area contributed by atoms with Gasteiger partial charge in [0, 0.05) is 23.7 Å². The van der Waals surface area contributed by atoms with Crippen LogP contribution in [0.2, 0.25) is 5.02 Å². The van der Waals surface area contributed by atoms with Gasteiger partial charge in [0.1, 0.15) is 0 Å². The number of nitrogens with two attached hydrogens (primary N) is 1. The molecule has 0 saturated carbocycles. The average molecular weight is 281 g/mol. The van der Waals surface area contributed by atoms with Crippen molar-refractivity contribution >= 4 is 23.6 Å². The van der Waals surface area contributed by atoms with Gasteiger partial charge in [0.2, 0.25) is 5.91 Å². The molecule has 3 nitrogen and oxygen atoms in total. The molecule has 0 aromatic heterocycles. The zero-order valence-electron chi connectivity index (χ0n) is 11.4. The van der Waals surface area contributed by atoms with Crippen LogP contribution in [0.25, 0.3) is 6.08 Å². The van der Waals surface area contributed by atoms with Crippen LogP contribution >= 0.6 is 11.6 Å². The third-order valence-corrected chi connectivity index (χ3v) is 2.94. The fraction of sp³-hybridized carbons (Fsp3) is 0.400. The normalized spacial score (nSPS) is 12.9. The second kappa shape index (κ2) is 7.97. The molecular formula is C15H21ClN2O. The van der Waals surface area contributed by atoms with Crippen molar-refractivity contribution in [1.82, 2.24) is 5.32 Å². The summed E-state index contributed by atoms with van der Waals surface area (Å²) in [5, 5.41) is 3.59. The van der Waals surface area contributed by atoms with Gasteiger partial charge in [0.05, 0.1) is 0 Å². The molecule has 3 N–H and O–H groups in total. The number of carbonyl (C=O) groups excluding carboxylic acids is 1. The van der Waals surface area contributed by atoms with Crippen LogP contribution in [-0.4, -0.2) is 18.5 Å². The molecule has 1 rings (SSSR count). The van der Waals surface area contributed by atoms with Gasteiger partial charge >= 0.3 is 0 Å². The topological polar surface area (TPSA) is 55.1 Å². The lowest BCUT2D eigenvalue weighted by atomic mass is 10.0. The maximum Gasteiger partial charge on any atom is 0.244 e. The van der Waals surface area contributed by atoms with E-state index in [-0.39, 0.29) is 11.9 Å². The van der Waals surface area contributed by atoms with Crippen molar-refractivity contribution in [3.05, 3.63) is 40.9 Å². The number of carbonyl (C=O) groups is 1. The fourth-order valence-electron chi connectivity index (χ4n) is 1.78. The molecule has 1 atom stereocenters. The molecule has 0 fully saturated rings. The van der Waals surface area contributed by atoms with Gasteiger partial charge in [0.25, 0.3) is 0 Å². The number of benzene rings is 1. The van der Waals surface area contributed by atoms with Gasteiger partial charge in [-0.15, -0.1) is 0 Å². The molecule has 1 amide bonds. The largest absolute Gasteiger partial charge is 0.349 e. The Labute approximate surface area is 119 Å². The molecule has 4 heteroatoms. The van der Waals surface area contributed by atoms with Crippen molar-refractivity contribution in [3.8, 4) is 0 Å². The van der Waals surface area contributed by atoms with Crippen molar-refractivity contribution in [2.75, 3.05) is 6.54 Å². The summed E-state index contributed by atoms with van der Waals surface area (Å²) < 4.78 is 0. The molecule has 1 aromatic rings. The van der Waals surface area contributed by atoms with Crippen molar-refractivity contribution < 1.29 is 4.79 Å². The van der Waals surface area contributed by atoms with E-state index in [1.54, 1.807) is 18.2 Å². The Hall–Kier alpha value is -1.32. The van der Waals surface area contributed by atoms with E-state index in [0.717, 1.165) is 12.0 Å². The lowest BCUT2D eigenvalue weighted by molar-refractivity contribution is -0.117. The number of amides is 1. The number of hydrogen-bond donors (Lipinski definition) is 2. The standard InChI is InChI=1S/C15H21ClN2O/c1-11(2)9-14(10-17)18-15(19)8-5-12-3-6-13(16)7-4-12/h3-8,11,14H,9-10,17H2,1-2H3,(H,18,19). The predicted octanol–water partition coefficient (Wildman–Crippen LogP) is 2.84. The van der Waals surface area contributed by atoms with Crippen LogP contribution in [-0.2, 0) is 4.79 Å². The Bertz CT molecular complexity index is 426. The minimum atomic E-state index is -0.119. The number of nitrogens with one attached hydrogen (secondary N) is 1. The highest BCUT2D eigenvalue weighted by atomic mass is 35.5. The summed E-state index contributed by atoms with van der Waals surface area (Å²) in [7, 11) is 0. The first-order valence-corrected chi connectivity index (χ1v) is 6.83. The van der Waals surface area contributed by atoms with E-state index in [2.05, 4.69) is 19.2 Å². The summed E-state index contributed by atoms with van der Waals surface area (Å²) in [6.45, 7) is 4.68. The highest BCUT2D eigenvalue weighted by Crippen LogP contribution is 2.10. The first-order valence-electron chi connectivity index (χ1n) is 6.45. The molecule has 0 saturated heterocycles. The quantitative estimate of drug-likeness (QED) is 0.787. The molecule has 0 radical (unpaired) electrons. The molecule has 0 aliphatic rings. The van der Waals surface area contributed by atoms with Crippen LogP contribution < -0.4 is 11.1 Å². The molecule has 0 aliphatic carbocycles. The Morgan fingerprint density at radius 3 is 2.53 bits per heavy atom. The number of halogens is 1. The van der Waals surface area contributed by atoms with Gasteiger partial charge in [-0.2, -0.15) is 0 Å². The molecule has 0 heterocycles. The number of rotatable bonds is 6. The summed E-state index contributed by atoms with van der Waals surface area (Å²) in [6, 6.07) is 7.34. The van der Waals surface area contributed by atoms with Gasteiger partial charge < -0.3 is 11.1 Å². The third kappa shape index (κ3) is 6.41. The molecule has 0 bridgehead atoms. The molecule has 0 spiro atoms. The Morgan fingerprint density at radius 2 is 2.00 bits per heavy atom. The molecule has 19 heavy (non-hydrogen) atoms. The van der Waals surface area contributed by atoms with Crippen molar-refractivity contribution in [2.24, 2.45) is 11.7 Å². The smallest absolute Gasteiger partial charge is 0.244 e. The minimum absolute atomic E-state index is 0.0300. The van der Waals surface area contributed by atoms with Crippen LogP contribution in [0.15, 0.2) is 30.3 Å². The van der Waals surface area contributed by atoms with E-state index >= 15 is 0 Å². The van der Waals surface area contributed by atoms with Crippen LogP contribution in [0.1, 0.15) is 25.8 Å². The van der Waals surface area contributed by atoms with Crippen LogP contribution in [0.4, 0.5) is 0 Å². The second-order valence-electron chi connectivity index (χ2n) is 4.96. The van der Waals surface area contributed by atoms with Crippen LogP contribution in [0, 0.1) is 5.92 Å². The van der Waals surface area contributed by atoms with Gasteiger partial charge in [-0.05, 0) is 36.1 Å². The van der Waals surface area contributed by atoms with E-state index in [4.69, 9.17) is 17.3 Å². The predicted molar refractivity (Wildman–Crippen MR) is 80.9 cm³/mol. The first-order chi connectivity index (χ1) is 9.01. The SMILES string of the molecule is CC(C)CC(CN)NC(=O)C=Cc1ccc(Cl)cc1. The lowest BCUT2D eigenvalue weighted by Gasteiger charge is -2.17. The zero-order chi connectivity index (χ0) is 14.3. The molecular weight excluding hydrogens is 260 g/mol. The van der Waals surface area contributed by atoms with Crippen molar-refractivity contribution in [2.45, 2.75) is 26.3 Å². The van der Waals surface area contributed by atoms with E-state index in [9.17, 15) is 4.79 Å². The van der Waals surface area contributed by atoms with E-state index < -0.39 is 0 Å². The van der Waals surface area contributed by atoms with Gasteiger partial charge in [-0.1, -0.05) is 37.6 Å². The van der Waals surface area contributed by atoms with Gasteiger partial charge in [-0.25, -0.2) is 0 Å². The van der Waals surface area contributed by atoms with E-state index in [1.165, 1.54) is 6.08 Å². The summed E-state index contributed by atoms with van der Waals surface area (Å²) in [5.74, 6) is 0.389. The van der Waals surface area contributed by atoms with Gasteiger partial charge in [-0.3, -0.25) is 4.79 Å². The van der Waals surface area contributed by atoms with Crippen LogP contribution in [0.3, 0.4) is 0 Å². The highest BCUT2D eigenvalue weighted by molar-refractivity contribution is 6.30. The summed E-state index contributed by atoms with van der Waals surface area (Å²) in [4.78, 5) is 11.8. The Morgan fingerprint density at radius 1 is 1.37 bits per heavy atom. The maximum atomic E-state index is 11.8. The summed E-state index contributed by atoms with van der Waals surface area (Å²) in [6.07, 6.45) is 4.16. The lowest BCUT2D eigenvalue weighted by Crippen LogP contribution is -2.40. The third-order valence-electron chi connectivity index (χ3n) is 2.68. The first kappa shape index (κ1) is 15.7. The Kier molecular flexibility index (Phi) is 6.60. The van der Waals surface area contributed by atoms with E-state index in [0.29, 0.717) is 17.5 Å². The highest BCUT2D eigenvalue weighted by Gasteiger charge is 2.10. The fourth-order valence-corrected chi connectivity index (χ4v) is 1.90. The second-order valence-corrected chi connectivity index (χ2v) is 5.39. The molecule has 0 aliphatic heterocycles. The molecule has 1 aromatic carbocycles. The average Bonchev–Trinajstić information content (AvgIpc) is 2.36. The summed E-state index contributed by atoms with van der Waals surface area (Å²) >= 11 is 5.79. The number of hydrogen-bond acceptors (Lipinski definition) is 2. The van der Waals surface area contributed by atoms with Crippen LogP contribution in [0.5, 0.6) is 0 Å². The van der Waals surface area contributed by atoms with Crippen molar-refractivity contribution in [3.63, 3.8) is 0 Å². The molecule has 1 unspecified atom stereocenters. The van der Waals surface area contributed by atoms with Gasteiger partial charge in [0.15, 0.2) is 0 Å². The Balaban J connectivity index is 2.52.